The normalized spacial score (nSPS) is 19.4. The molecule has 118 valence electrons. The third kappa shape index (κ3) is 2.50. The van der Waals surface area contributed by atoms with Crippen molar-refractivity contribution in [2.45, 2.75) is 26.2 Å². The number of anilines is 1. The minimum Gasteiger partial charge on any atom is -0.338 e. The van der Waals surface area contributed by atoms with Gasteiger partial charge < -0.3 is 9.80 Å². The first-order chi connectivity index (χ1) is 11.2. The Kier molecular flexibility index (Phi) is 4.16. The number of likely N-dealkylation sites (N-methyl/N-ethyl adjacent to an activating group) is 1. The minimum absolute atomic E-state index is 0.0275. The van der Waals surface area contributed by atoms with Gasteiger partial charge in [-0.25, -0.2) is 0 Å². The number of carbonyl (C=O) groups excluding carboxylic acids is 2. The van der Waals surface area contributed by atoms with Gasteiger partial charge >= 0.3 is 0 Å². The van der Waals surface area contributed by atoms with Crippen molar-refractivity contribution in [3.8, 4) is 6.07 Å². The molecule has 0 aliphatic carbocycles. The fourth-order valence-electron chi connectivity index (χ4n) is 3.30. The zero-order valence-electron chi connectivity index (χ0n) is 13.2. The van der Waals surface area contributed by atoms with Crippen molar-refractivity contribution in [2.24, 2.45) is 0 Å². The third-order valence-electron chi connectivity index (χ3n) is 4.46. The molecule has 0 saturated carbocycles. The molecule has 0 aromatic heterocycles. The number of nitrogens with zero attached hydrogens (tertiary/aromatic N) is 3. The molecule has 3 rings (SSSR count). The lowest BCUT2D eigenvalue weighted by Gasteiger charge is -2.26. The molecule has 2 amide bonds. The second-order valence-corrected chi connectivity index (χ2v) is 5.78. The summed E-state index contributed by atoms with van der Waals surface area (Å²) >= 11 is 0. The second-order valence-electron chi connectivity index (χ2n) is 5.78. The van der Waals surface area contributed by atoms with Crippen molar-refractivity contribution in [1.82, 2.24) is 4.90 Å². The summed E-state index contributed by atoms with van der Waals surface area (Å²) in [5, 5.41) is 9.56. The summed E-state index contributed by atoms with van der Waals surface area (Å²) in [7, 11) is 0. The minimum atomic E-state index is -0.316. The predicted octanol–water partition coefficient (Wildman–Crippen LogP) is 2.34. The Labute approximate surface area is 135 Å². The summed E-state index contributed by atoms with van der Waals surface area (Å²) in [5.74, 6) is -0.570. The monoisotopic (exact) mass is 309 g/mol. The van der Waals surface area contributed by atoms with Gasteiger partial charge in [-0.15, -0.1) is 0 Å². The van der Waals surface area contributed by atoms with Crippen LogP contribution in [0.5, 0.6) is 0 Å². The van der Waals surface area contributed by atoms with E-state index in [9.17, 15) is 14.9 Å². The van der Waals surface area contributed by atoms with E-state index in [2.05, 4.69) is 0 Å². The molecule has 0 radical (unpaired) electrons. The Hall–Kier alpha value is -2.61. The maximum Gasteiger partial charge on any atom is 0.265 e. The number of fused-ring (bicyclic) bond motifs is 1. The summed E-state index contributed by atoms with van der Waals surface area (Å²) in [6.07, 6.45) is 3.00. The van der Waals surface area contributed by atoms with Crippen LogP contribution in [0.3, 0.4) is 0 Å². The number of rotatable bonds is 2. The first-order valence-electron chi connectivity index (χ1n) is 8.04. The number of para-hydroxylation sites is 1. The first-order valence-corrected chi connectivity index (χ1v) is 8.04. The van der Waals surface area contributed by atoms with E-state index in [0.717, 1.165) is 24.9 Å². The highest BCUT2D eigenvalue weighted by molar-refractivity contribution is 6.37. The van der Waals surface area contributed by atoms with E-state index >= 15 is 0 Å². The zero-order valence-corrected chi connectivity index (χ0v) is 13.2. The second kappa shape index (κ2) is 6.25. The van der Waals surface area contributed by atoms with Gasteiger partial charge in [0.25, 0.3) is 11.8 Å². The SMILES string of the molecule is CCN1C(=O)C(=C(C#N)C(=O)N2CCCCC2)c2ccccc21. The van der Waals surface area contributed by atoms with E-state index < -0.39 is 0 Å². The van der Waals surface area contributed by atoms with Gasteiger partial charge in [0.2, 0.25) is 0 Å². The summed E-state index contributed by atoms with van der Waals surface area (Å²) in [6, 6.07) is 9.34. The molecule has 23 heavy (non-hydrogen) atoms. The van der Waals surface area contributed by atoms with E-state index in [1.807, 2.05) is 31.2 Å². The van der Waals surface area contributed by atoms with Gasteiger partial charge in [-0.1, -0.05) is 18.2 Å². The van der Waals surface area contributed by atoms with Gasteiger partial charge in [-0.05, 0) is 32.3 Å². The molecule has 2 aliphatic heterocycles. The number of likely N-dealkylation sites (tertiary alicyclic amines) is 1. The highest BCUT2D eigenvalue weighted by Gasteiger charge is 2.36. The molecule has 1 saturated heterocycles. The topological polar surface area (TPSA) is 64.4 Å². The highest BCUT2D eigenvalue weighted by Crippen LogP contribution is 2.38. The average molecular weight is 309 g/mol. The Bertz CT molecular complexity index is 724. The fourth-order valence-corrected chi connectivity index (χ4v) is 3.30. The van der Waals surface area contributed by atoms with E-state index in [1.54, 1.807) is 15.9 Å². The summed E-state index contributed by atoms with van der Waals surface area (Å²) in [4.78, 5) is 28.8. The van der Waals surface area contributed by atoms with E-state index in [4.69, 9.17) is 0 Å². The van der Waals surface area contributed by atoms with Crippen LogP contribution in [-0.2, 0) is 9.59 Å². The van der Waals surface area contributed by atoms with Crippen molar-refractivity contribution in [3.05, 3.63) is 35.4 Å². The Morgan fingerprint density at radius 3 is 2.57 bits per heavy atom. The number of hydrogen-bond acceptors (Lipinski definition) is 3. The molecule has 0 N–H and O–H groups in total. The molecule has 2 heterocycles. The van der Waals surface area contributed by atoms with E-state index in [-0.39, 0.29) is 23.0 Å². The van der Waals surface area contributed by atoms with E-state index in [1.165, 1.54) is 0 Å². The van der Waals surface area contributed by atoms with Crippen molar-refractivity contribution < 1.29 is 9.59 Å². The molecule has 0 unspecified atom stereocenters. The van der Waals surface area contributed by atoms with Gasteiger partial charge in [0, 0.05) is 25.2 Å². The molecular formula is C18H19N3O2. The number of hydrogen-bond donors (Lipinski definition) is 0. The lowest BCUT2D eigenvalue weighted by Crippen LogP contribution is -2.37. The summed E-state index contributed by atoms with van der Waals surface area (Å²) in [6.45, 7) is 3.71. The summed E-state index contributed by atoms with van der Waals surface area (Å²) in [5.41, 5.74) is 1.68. The molecule has 0 atom stereocenters. The number of carbonyl (C=O) groups is 2. The van der Waals surface area contributed by atoms with Crippen LogP contribution >= 0.6 is 0 Å². The Morgan fingerprint density at radius 1 is 1.22 bits per heavy atom. The molecule has 2 aliphatic rings. The molecule has 1 fully saturated rings. The molecule has 1 aromatic rings. The molecule has 5 heteroatoms. The van der Waals surface area contributed by atoms with Crippen LogP contribution in [0.15, 0.2) is 29.8 Å². The molecule has 0 bridgehead atoms. The first kappa shape index (κ1) is 15.3. The average Bonchev–Trinajstić information content (AvgIpc) is 2.88. The molecule has 0 spiro atoms. The van der Waals surface area contributed by atoms with Crippen LogP contribution < -0.4 is 4.90 Å². The highest BCUT2D eigenvalue weighted by atomic mass is 16.2. The maximum atomic E-state index is 12.7. The van der Waals surface area contributed by atoms with Crippen LogP contribution in [-0.4, -0.2) is 36.3 Å². The van der Waals surface area contributed by atoms with Crippen molar-refractivity contribution in [1.29, 1.82) is 5.26 Å². The third-order valence-corrected chi connectivity index (χ3v) is 4.46. The van der Waals surface area contributed by atoms with Gasteiger partial charge in [-0.2, -0.15) is 5.26 Å². The standard InChI is InChI=1S/C18H19N3O2/c1-2-21-15-9-5-4-8-13(15)16(18(21)23)14(12-19)17(22)20-10-6-3-7-11-20/h4-5,8-9H,2-3,6-7,10-11H2,1H3. The Morgan fingerprint density at radius 2 is 1.91 bits per heavy atom. The van der Waals surface area contributed by atoms with Gasteiger partial charge in [0.15, 0.2) is 0 Å². The largest absolute Gasteiger partial charge is 0.338 e. The van der Waals surface area contributed by atoms with Crippen LogP contribution in [0.2, 0.25) is 0 Å². The maximum absolute atomic E-state index is 12.7. The number of benzene rings is 1. The van der Waals surface area contributed by atoms with Crippen molar-refractivity contribution in [2.75, 3.05) is 24.5 Å². The molecule has 1 aromatic carbocycles. The van der Waals surface area contributed by atoms with Crippen LogP contribution in [0.4, 0.5) is 5.69 Å². The van der Waals surface area contributed by atoms with Crippen molar-refractivity contribution >= 4 is 23.1 Å². The Balaban J connectivity index is 2.09. The smallest absolute Gasteiger partial charge is 0.265 e. The lowest BCUT2D eigenvalue weighted by molar-refractivity contribution is -0.127. The van der Waals surface area contributed by atoms with Gasteiger partial charge in [0.05, 0.1) is 11.3 Å². The van der Waals surface area contributed by atoms with Gasteiger partial charge in [0.1, 0.15) is 11.6 Å². The van der Waals surface area contributed by atoms with Crippen LogP contribution in [0.25, 0.3) is 5.57 Å². The van der Waals surface area contributed by atoms with Crippen LogP contribution in [0, 0.1) is 11.3 Å². The van der Waals surface area contributed by atoms with Gasteiger partial charge in [-0.3, -0.25) is 9.59 Å². The number of nitriles is 1. The summed E-state index contributed by atoms with van der Waals surface area (Å²) < 4.78 is 0. The molecule has 5 nitrogen and oxygen atoms in total. The molecular weight excluding hydrogens is 290 g/mol. The number of amides is 2. The van der Waals surface area contributed by atoms with E-state index in [0.29, 0.717) is 25.2 Å². The lowest BCUT2D eigenvalue weighted by atomic mass is 10.00. The fraction of sp³-hybridized carbons (Fsp3) is 0.389. The van der Waals surface area contributed by atoms with Crippen molar-refractivity contribution in [3.63, 3.8) is 0 Å². The predicted molar refractivity (Wildman–Crippen MR) is 87.4 cm³/mol. The van der Waals surface area contributed by atoms with Crippen LogP contribution in [0.1, 0.15) is 31.7 Å². The number of piperidine rings is 1. The zero-order chi connectivity index (χ0) is 16.4. The quantitative estimate of drug-likeness (QED) is 0.622.